The fourth-order valence-electron chi connectivity index (χ4n) is 10.7. The zero-order valence-electron chi connectivity index (χ0n) is 53.8. The van der Waals surface area contributed by atoms with E-state index >= 15 is 0 Å². The van der Waals surface area contributed by atoms with Crippen LogP contribution in [0.1, 0.15) is 116 Å². The molecule has 0 spiro atoms. The minimum Gasteiger partial charge on any atom is -0.481 e. The quantitative estimate of drug-likeness (QED) is 0.0170. The number of aliphatic imine (C=N–C) groups is 1. The molecule has 32 heteroatoms. The summed E-state index contributed by atoms with van der Waals surface area (Å²) in [6, 6.07) is 3.30. The van der Waals surface area contributed by atoms with Crippen molar-refractivity contribution < 1.29 is 72.5 Å². The molecule has 0 unspecified atom stereocenters. The van der Waals surface area contributed by atoms with Gasteiger partial charge in [0.05, 0.1) is 13.2 Å². The van der Waals surface area contributed by atoms with Crippen LogP contribution in [0.5, 0.6) is 0 Å². The summed E-state index contributed by atoms with van der Waals surface area (Å²) < 4.78 is 0. The van der Waals surface area contributed by atoms with Crippen LogP contribution in [0.25, 0.3) is 0 Å². The zero-order valence-corrected chi connectivity index (χ0v) is 53.8. The van der Waals surface area contributed by atoms with Crippen molar-refractivity contribution in [3.8, 4) is 0 Å². The van der Waals surface area contributed by atoms with Crippen molar-refractivity contribution in [1.82, 2.24) is 57.7 Å². The van der Waals surface area contributed by atoms with E-state index in [1.165, 1.54) is 23.6 Å². The summed E-state index contributed by atoms with van der Waals surface area (Å²) in [7, 11) is 0. The maximum Gasteiger partial charge on any atom is 0.303 e. The first-order chi connectivity index (χ1) is 44.6. The first-order valence-electron chi connectivity index (χ1n) is 31.7. The average Bonchev–Trinajstić information content (AvgIpc) is 1.63. The van der Waals surface area contributed by atoms with E-state index < -0.39 is 163 Å². The summed E-state index contributed by atoms with van der Waals surface area (Å²) in [6.45, 7) is 5.43. The van der Waals surface area contributed by atoms with Gasteiger partial charge in [-0.1, -0.05) is 74.5 Å². The highest BCUT2D eigenvalue weighted by Gasteiger charge is 2.44. The van der Waals surface area contributed by atoms with E-state index in [0.717, 1.165) is 0 Å². The Morgan fingerprint density at radius 1 is 0.564 bits per heavy atom. The number of aliphatic carboxylic acids is 1. The fourth-order valence-corrected chi connectivity index (χ4v) is 10.7. The molecule has 2 saturated heterocycles. The second-order valence-electron chi connectivity index (χ2n) is 23.8. The van der Waals surface area contributed by atoms with Crippen molar-refractivity contribution in [2.45, 2.75) is 184 Å². The highest BCUT2D eigenvalue weighted by Crippen LogP contribution is 2.26. The lowest BCUT2D eigenvalue weighted by molar-refractivity contribution is -0.148. The van der Waals surface area contributed by atoms with E-state index in [4.69, 9.17) is 28.7 Å². The molecule has 94 heavy (non-hydrogen) atoms. The summed E-state index contributed by atoms with van der Waals surface area (Å²) >= 11 is 0. The van der Waals surface area contributed by atoms with Crippen molar-refractivity contribution in [1.29, 1.82) is 0 Å². The van der Waals surface area contributed by atoms with E-state index in [2.05, 4.69) is 52.8 Å². The van der Waals surface area contributed by atoms with Crippen molar-refractivity contribution in [3.63, 3.8) is 0 Å². The molecule has 2 aliphatic rings. The first-order valence-corrected chi connectivity index (χ1v) is 31.7. The fraction of sp³-hybridized carbons (Fsp3) is 0.581. The largest absolute Gasteiger partial charge is 0.481 e. The number of carbonyl (C=O) groups is 13. The van der Waals surface area contributed by atoms with Crippen LogP contribution in [0.4, 0.5) is 0 Å². The van der Waals surface area contributed by atoms with Crippen LogP contribution < -0.4 is 76.5 Å². The molecule has 4 rings (SSSR count). The molecular weight excluding hydrogens is 1220 g/mol. The third kappa shape index (κ3) is 25.7. The topological polar surface area (TPSA) is 520 Å². The molecule has 518 valence electrons. The lowest BCUT2D eigenvalue weighted by Gasteiger charge is -2.33. The highest BCUT2D eigenvalue weighted by atomic mass is 16.4. The van der Waals surface area contributed by atoms with Gasteiger partial charge >= 0.3 is 5.97 Å². The predicted molar refractivity (Wildman–Crippen MR) is 343 cm³/mol. The minimum atomic E-state index is -1.44. The molecule has 12 amide bonds. The van der Waals surface area contributed by atoms with Crippen LogP contribution in [0, 0.1) is 5.92 Å². The standard InChI is InChI=1S/C62H95N17O15/c1-35(2)30-44(51(65)84)76-57(90)41(20-11-12-26-63)73-56(89)42(21-13-27-68-62(66)67)74-58(91)46(32-39-18-9-6-10-19-39)72-49(81)33-69-55(88)45(31-38-16-7-5-8-17-38)77-53(86)37(4)71-59(92)47-22-14-28-78(47)61(94)48-23-15-29-79(48)60(93)43(24-25-50(82)83)75-52(85)36(3)70-54(87)40(64)34-80/h5-10,16-19,35-37,40-48,80H,11-15,20-34,63-64H2,1-4H3,(H2,65,84)(H,69,88)(H,70,87)(H,71,92)(H,72,81)(H,73,89)(H,74,91)(H,75,85)(H,76,90)(H,77,86)(H,82,83)(H4,66,67,68)/t36-,37-,40-,41-,42-,43-,44-,45-,46-,47-,48-/m0/s1. The van der Waals surface area contributed by atoms with Gasteiger partial charge < -0.3 is 96.5 Å². The molecule has 2 aromatic carbocycles. The Morgan fingerprint density at radius 3 is 1.60 bits per heavy atom. The van der Waals surface area contributed by atoms with Crippen LogP contribution in [-0.2, 0) is 75.2 Å². The second-order valence-corrected chi connectivity index (χ2v) is 23.8. The number of unbranched alkanes of at least 4 members (excludes halogenated alkanes) is 1. The highest BCUT2D eigenvalue weighted by molar-refractivity contribution is 5.99. The van der Waals surface area contributed by atoms with Crippen LogP contribution in [0.2, 0.25) is 0 Å². The summed E-state index contributed by atoms with van der Waals surface area (Å²) in [4.78, 5) is 183. The number of primary amides is 1. The van der Waals surface area contributed by atoms with Crippen LogP contribution in [0.3, 0.4) is 0 Å². The van der Waals surface area contributed by atoms with Gasteiger partial charge in [0.1, 0.15) is 66.5 Å². The zero-order chi connectivity index (χ0) is 69.6. The third-order valence-electron chi connectivity index (χ3n) is 15.8. The number of aliphatic hydroxyl groups excluding tert-OH is 1. The molecule has 2 heterocycles. The molecule has 0 aromatic heterocycles. The summed E-state index contributed by atoms with van der Waals surface area (Å²) in [5.74, 6) is -10.9. The lowest BCUT2D eigenvalue weighted by Crippen LogP contribution is -2.59. The third-order valence-corrected chi connectivity index (χ3v) is 15.8. The Morgan fingerprint density at radius 2 is 1.06 bits per heavy atom. The van der Waals surface area contributed by atoms with Crippen molar-refractivity contribution in [2.75, 3.05) is 39.3 Å². The van der Waals surface area contributed by atoms with Gasteiger partial charge in [-0.15, -0.1) is 0 Å². The number of hydrogen-bond acceptors (Lipinski definition) is 17. The van der Waals surface area contributed by atoms with Gasteiger partial charge in [0.15, 0.2) is 5.96 Å². The van der Waals surface area contributed by atoms with Gasteiger partial charge in [0.25, 0.3) is 0 Å². The number of carboxylic acids is 1. The Labute approximate surface area is 545 Å². The number of amides is 12. The summed E-state index contributed by atoms with van der Waals surface area (Å²) in [5.41, 5.74) is 29.2. The Hall–Kier alpha value is -9.30. The molecule has 0 aliphatic carbocycles. The summed E-state index contributed by atoms with van der Waals surface area (Å²) in [6.07, 6.45) is 1.33. The molecule has 0 radical (unpaired) electrons. The first kappa shape index (κ1) is 77.1. The number of hydrogen-bond donors (Lipinski definition) is 16. The van der Waals surface area contributed by atoms with Gasteiger partial charge in [0, 0.05) is 38.9 Å². The predicted octanol–water partition coefficient (Wildman–Crippen LogP) is -4.61. The van der Waals surface area contributed by atoms with E-state index in [9.17, 15) is 72.5 Å². The van der Waals surface area contributed by atoms with Crippen molar-refractivity contribution in [2.24, 2.45) is 39.6 Å². The number of nitrogens with one attached hydrogen (secondary N) is 9. The Kier molecular flexibility index (Phi) is 32.2. The monoisotopic (exact) mass is 1320 g/mol. The van der Waals surface area contributed by atoms with Crippen LogP contribution >= 0.6 is 0 Å². The van der Waals surface area contributed by atoms with Gasteiger partial charge in [-0.25, -0.2) is 0 Å². The molecule has 2 aromatic rings. The van der Waals surface area contributed by atoms with E-state index in [1.807, 2.05) is 13.8 Å². The number of nitrogens with two attached hydrogens (primary N) is 5. The minimum absolute atomic E-state index is 0.0229. The number of nitrogens with zero attached hydrogens (tertiary/aromatic N) is 3. The normalized spacial score (nSPS) is 17.2. The number of likely N-dealkylation sites (tertiary alicyclic amines) is 2. The van der Waals surface area contributed by atoms with Gasteiger partial charge in [-0.05, 0) is 108 Å². The number of aliphatic hydroxyl groups is 1. The van der Waals surface area contributed by atoms with Crippen LogP contribution in [-0.4, -0.2) is 209 Å². The van der Waals surface area contributed by atoms with Crippen molar-refractivity contribution in [3.05, 3.63) is 71.8 Å². The number of carbonyl (C=O) groups excluding carboxylic acids is 12. The smallest absolute Gasteiger partial charge is 0.303 e. The van der Waals surface area contributed by atoms with E-state index in [1.54, 1.807) is 60.7 Å². The average molecular weight is 1320 g/mol. The molecule has 11 atom stereocenters. The number of rotatable bonds is 39. The molecular formula is C62H95N17O15. The Bertz CT molecular complexity index is 2960. The maximum absolute atomic E-state index is 14.4. The van der Waals surface area contributed by atoms with E-state index in [-0.39, 0.29) is 89.3 Å². The van der Waals surface area contributed by atoms with Crippen molar-refractivity contribution >= 4 is 82.8 Å². The molecule has 32 nitrogen and oxygen atoms in total. The second kappa shape index (κ2) is 39.3. The maximum atomic E-state index is 14.4. The van der Waals surface area contributed by atoms with Gasteiger partial charge in [-0.3, -0.25) is 67.3 Å². The number of benzene rings is 2. The summed E-state index contributed by atoms with van der Waals surface area (Å²) in [5, 5.41) is 42.0. The van der Waals surface area contributed by atoms with Crippen LogP contribution in [0.15, 0.2) is 65.7 Å². The van der Waals surface area contributed by atoms with Gasteiger partial charge in [-0.2, -0.15) is 0 Å². The number of carboxylic acid groups (broad SMARTS) is 1. The molecule has 2 aliphatic heterocycles. The SMILES string of the molecule is CC(C)C[C@H](NC(=O)[C@H](CCCCN)NC(=O)[C@H](CCCN=C(N)N)NC(=O)[C@H](Cc1ccccc1)NC(=O)CNC(=O)[C@H](Cc1ccccc1)NC(=O)[C@H](C)NC(=O)[C@@H]1CCCN1C(=O)[C@@H]1CCCN1C(=O)[C@H](CCC(=O)O)NC(=O)[C@H](C)NC(=O)[C@@H](N)CO)C(N)=O. The Balaban J connectivity index is 1.49. The molecule has 21 N–H and O–H groups in total. The molecule has 0 bridgehead atoms. The lowest BCUT2D eigenvalue weighted by atomic mass is 10.0. The molecule has 2 fully saturated rings. The molecule has 0 saturated carbocycles. The van der Waals surface area contributed by atoms with E-state index in [0.29, 0.717) is 43.4 Å². The van der Waals surface area contributed by atoms with Gasteiger partial charge in [0.2, 0.25) is 70.9 Å². The number of guanidine groups is 1.